The number of hydrogen-bond acceptors (Lipinski definition) is 3. The Morgan fingerprint density at radius 1 is 1.44 bits per heavy atom. The van der Waals surface area contributed by atoms with Gasteiger partial charge in [-0.25, -0.2) is 5.43 Å². The summed E-state index contributed by atoms with van der Waals surface area (Å²) < 4.78 is 5.01. The van der Waals surface area contributed by atoms with Gasteiger partial charge in [-0.1, -0.05) is 0 Å². The third kappa shape index (κ3) is 2.72. The first-order valence-electron chi connectivity index (χ1n) is 2.87. The quantitative estimate of drug-likeness (QED) is 0.552. The van der Waals surface area contributed by atoms with Crippen LogP contribution in [0.5, 0.6) is 0 Å². The van der Waals surface area contributed by atoms with Crippen molar-refractivity contribution in [3.8, 4) is 0 Å². The Morgan fingerprint density at radius 3 is 2.33 bits per heavy atom. The average Bonchev–Trinajstić information content (AvgIpc) is 2.14. The van der Waals surface area contributed by atoms with Crippen LogP contribution in [0, 0.1) is 0 Å². The second-order valence-corrected chi connectivity index (χ2v) is 2.15. The van der Waals surface area contributed by atoms with Crippen LogP contribution < -0.4 is 10.9 Å². The standard InChI is InChI=1S/C5H12N2O.Zn/c1-4-3-5(8-2)7-6-4;/h4-7H,3H2,1-2H3;. The normalized spacial score (nSPS) is 34.0. The van der Waals surface area contributed by atoms with E-state index in [4.69, 9.17) is 4.74 Å². The maximum absolute atomic E-state index is 5.01. The largest absolute Gasteiger partial charge is 0.365 e. The molecule has 0 radical (unpaired) electrons. The van der Waals surface area contributed by atoms with Gasteiger partial charge in [0.2, 0.25) is 0 Å². The van der Waals surface area contributed by atoms with E-state index in [0.29, 0.717) is 6.04 Å². The van der Waals surface area contributed by atoms with Crippen molar-refractivity contribution < 1.29 is 24.2 Å². The molecule has 0 aliphatic carbocycles. The van der Waals surface area contributed by atoms with Crippen molar-refractivity contribution in [1.82, 2.24) is 10.9 Å². The fourth-order valence-corrected chi connectivity index (χ4v) is 0.829. The third-order valence-corrected chi connectivity index (χ3v) is 1.34. The fourth-order valence-electron chi connectivity index (χ4n) is 0.829. The molecule has 1 fully saturated rings. The first kappa shape index (κ1) is 9.50. The predicted molar refractivity (Wildman–Crippen MR) is 31.1 cm³/mol. The number of methoxy groups -OCH3 is 1. The summed E-state index contributed by atoms with van der Waals surface area (Å²) in [6.07, 6.45) is 1.27. The molecule has 0 spiro atoms. The maximum Gasteiger partial charge on any atom is 0.121 e. The summed E-state index contributed by atoms with van der Waals surface area (Å²) in [7, 11) is 1.71. The zero-order valence-corrected chi connectivity index (χ0v) is 8.94. The molecule has 1 aliphatic heterocycles. The predicted octanol–water partition coefficient (Wildman–Crippen LogP) is -0.157. The molecule has 0 amide bonds. The van der Waals surface area contributed by atoms with Crippen molar-refractivity contribution in [2.45, 2.75) is 25.6 Å². The van der Waals surface area contributed by atoms with Crippen LogP contribution in [-0.2, 0) is 24.2 Å². The van der Waals surface area contributed by atoms with Crippen LogP contribution in [0.2, 0.25) is 0 Å². The molecular weight excluding hydrogens is 169 g/mol. The van der Waals surface area contributed by atoms with Crippen LogP contribution >= 0.6 is 0 Å². The molecule has 0 aromatic rings. The molecule has 0 aromatic carbocycles. The topological polar surface area (TPSA) is 33.3 Å². The molecule has 0 bridgehead atoms. The first-order chi connectivity index (χ1) is 3.83. The molecule has 1 saturated heterocycles. The summed E-state index contributed by atoms with van der Waals surface area (Å²) in [5.41, 5.74) is 6.03. The Labute approximate surface area is 68.3 Å². The number of rotatable bonds is 1. The number of nitrogens with one attached hydrogen (secondary N) is 2. The molecule has 1 aliphatic rings. The van der Waals surface area contributed by atoms with Crippen molar-refractivity contribution in [2.24, 2.45) is 0 Å². The molecule has 50 valence electrons. The second kappa shape index (κ2) is 4.34. The molecule has 0 aromatic heterocycles. The van der Waals surface area contributed by atoms with Gasteiger partial charge in [-0.05, 0) is 6.92 Å². The summed E-state index contributed by atoms with van der Waals surface area (Å²) in [5.74, 6) is 0. The Balaban J connectivity index is 0.000000640. The van der Waals surface area contributed by atoms with Gasteiger partial charge in [0.25, 0.3) is 0 Å². The zero-order valence-electron chi connectivity index (χ0n) is 5.98. The Bertz CT molecular complexity index is 81.4. The SMILES string of the molecule is COC1CC(C)NN1.[Zn]. The van der Waals surface area contributed by atoms with Gasteiger partial charge in [0.05, 0.1) is 0 Å². The average molecular weight is 182 g/mol. The smallest absolute Gasteiger partial charge is 0.121 e. The van der Waals surface area contributed by atoms with Gasteiger partial charge in [-0.3, -0.25) is 5.43 Å². The van der Waals surface area contributed by atoms with Crippen molar-refractivity contribution in [3.63, 3.8) is 0 Å². The third-order valence-electron chi connectivity index (χ3n) is 1.34. The van der Waals surface area contributed by atoms with Gasteiger partial charge in [-0.15, -0.1) is 0 Å². The first-order valence-corrected chi connectivity index (χ1v) is 2.87. The van der Waals surface area contributed by atoms with Crippen LogP contribution in [0.3, 0.4) is 0 Å². The number of hydrogen-bond donors (Lipinski definition) is 2. The van der Waals surface area contributed by atoms with Crippen LogP contribution in [0.15, 0.2) is 0 Å². The molecule has 4 heteroatoms. The van der Waals surface area contributed by atoms with Gasteiger partial charge in [0.1, 0.15) is 6.23 Å². The molecule has 2 N–H and O–H groups in total. The van der Waals surface area contributed by atoms with Crippen molar-refractivity contribution in [2.75, 3.05) is 7.11 Å². The Hall–Kier alpha value is 0.503. The van der Waals surface area contributed by atoms with E-state index < -0.39 is 0 Å². The minimum atomic E-state index is 0. The molecule has 1 heterocycles. The molecule has 3 nitrogen and oxygen atoms in total. The second-order valence-electron chi connectivity index (χ2n) is 2.15. The Kier molecular flexibility index (Phi) is 4.58. The van der Waals surface area contributed by atoms with Gasteiger partial charge in [-0.2, -0.15) is 0 Å². The molecule has 2 unspecified atom stereocenters. The van der Waals surface area contributed by atoms with Crippen molar-refractivity contribution in [1.29, 1.82) is 0 Å². The summed E-state index contributed by atoms with van der Waals surface area (Å²) in [6, 6.07) is 0.542. The van der Waals surface area contributed by atoms with Gasteiger partial charge >= 0.3 is 0 Å². The summed E-state index contributed by atoms with van der Waals surface area (Å²) in [6.45, 7) is 2.12. The monoisotopic (exact) mass is 180 g/mol. The maximum atomic E-state index is 5.01. The fraction of sp³-hybridized carbons (Fsp3) is 1.00. The molecule has 1 rings (SSSR count). The van der Waals surface area contributed by atoms with Crippen LogP contribution in [0.4, 0.5) is 0 Å². The minimum absolute atomic E-state index is 0. The minimum Gasteiger partial charge on any atom is -0.365 e. The number of ether oxygens (including phenoxy) is 1. The van der Waals surface area contributed by atoms with Gasteiger partial charge < -0.3 is 4.74 Å². The summed E-state index contributed by atoms with van der Waals surface area (Å²) in [5, 5.41) is 0. The molecular formula is C5H12N2OZn. The van der Waals surface area contributed by atoms with Crippen LogP contribution in [0.25, 0.3) is 0 Å². The Morgan fingerprint density at radius 2 is 2.11 bits per heavy atom. The van der Waals surface area contributed by atoms with E-state index >= 15 is 0 Å². The summed E-state index contributed by atoms with van der Waals surface area (Å²) in [4.78, 5) is 0. The molecule has 0 saturated carbocycles. The van der Waals surface area contributed by atoms with Crippen LogP contribution in [0.1, 0.15) is 13.3 Å². The molecule has 2 atom stereocenters. The summed E-state index contributed by atoms with van der Waals surface area (Å²) >= 11 is 0. The number of hydrazine groups is 1. The molecule has 9 heavy (non-hydrogen) atoms. The van der Waals surface area contributed by atoms with E-state index in [1.165, 1.54) is 0 Å². The van der Waals surface area contributed by atoms with Crippen molar-refractivity contribution in [3.05, 3.63) is 0 Å². The van der Waals surface area contributed by atoms with Crippen LogP contribution in [-0.4, -0.2) is 19.4 Å². The van der Waals surface area contributed by atoms with E-state index in [2.05, 4.69) is 17.8 Å². The van der Waals surface area contributed by atoms with Gasteiger partial charge in [0.15, 0.2) is 0 Å². The van der Waals surface area contributed by atoms with E-state index in [1.54, 1.807) is 7.11 Å². The van der Waals surface area contributed by atoms with E-state index in [9.17, 15) is 0 Å². The van der Waals surface area contributed by atoms with Crippen molar-refractivity contribution >= 4 is 0 Å². The zero-order chi connectivity index (χ0) is 5.98. The van der Waals surface area contributed by atoms with E-state index in [0.717, 1.165) is 6.42 Å². The van der Waals surface area contributed by atoms with Gasteiger partial charge in [0, 0.05) is 39.1 Å². The van der Waals surface area contributed by atoms with E-state index in [-0.39, 0.29) is 25.7 Å². The van der Waals surface area contributed by atoms with E-state index in [1.807, 2.05) is 0 Å².